The number of nitrogens with zero attached hydrogens (tertiary/aromatic N) is 1. The lowest BCUT2D eigenvalue weighted by atomic mass is 9.79. The van der Waals surface area contributed by atoms with Crippen LogP contribution in [0, 0.1) is 5.41 Å². The number of likely N-dealkylation sites (tertiary alicyclic amines) is 1. The van der Waals surface area contributed by atoms with Crippen LogP contribution in [0.25, 0.3) is 0 Å². The van der Waals surface area contributed by atoms with Crippen molar-refractivity contribution in [3.05, 3.63) is 35.4 Å². The largest absolute Gasteiger partial charge is 0.342 e. The van der Waals surface area contributed by atoms with Gasteiger partial charge in [-0.15, -0.1) is 12.4 Å². The van der Waals surface area contributed by atoms with Gasteiger partial charge in [-0.2, -0.15) is 0 Å². The molecule has 25 heavy (non-hydrogen) atoms. The van der Waals surface area contributed by atoms with E-state index in [-0.39, 0.29) is 48.4 Å². The maximum atomic E-state index is 12.4. The van der Waals surface area contributed by atoms with Crippen LogP contribution in [0.3, 0.4) is 0 Å². The minimum atomic E-state index is -0.0625. The van der Waals surface area contributed by atoms with Crippen LogP contribution in [0.2, 0.25) is 0 Å². The average Bonchev–Trinajstić information content (AvgIpc) is 2.55. The maximum absolute atomic E-state index is 12.4. The Balaban J connectivity index is 0.00000312. The zero-order chi connectivity index (χ0) is 17.7. The fraction of sp³-hybridized carbons (Fsp3) is 0.600. The third-order valence-electron chi connectivity index (χ3n) is 5.05. The van der Waals surface area contributed by atoms with Crippen LogP contribution in [0.4, 0.5) is 0 Å². The van der Waals surface area contributed by atoms with Crippen molar-refractivity contribution in [1.29, 1.82) is 0 Å². The van der Waals surface area contributed by atoms with Crippen LogP contribution in [-0.2, 0) is 11.2 Å². The van der Waals surface area contributed by atoms with Gasteiger partial charge in [-0.1, -0.05) is 51.5 Å². The van der Waals surface area contributed by atoms with Crippen molar-refractivity contribution in [2.75, 3.05) is 13.1 Å². The van der Waals surface area contributed by atoms with Gasteiger partial charge in [0.1, 0.15) is 0 Å². The molecule has 4 nitrogen and oxygen atoms in total. The summed E-state index contributed by atoms with van der Waals surface area (Å²) in [6, 6.07) is 7.90. The molecule has 2 rings (SSSR count). The van der Waals surface area contributed by atoms with Crippen LogP contribution in [-0.4, -0.2) is 35.7 Å². The third kappa shape index (κ3) is 5.82. The van der Waals surface area contributed by atoms with Gasteiger partial charge >= 0.3 is 0 Å². The van der Waals surface area contributed by atoms with Crippen molar-refractivity contribution in [1.82, 2.24) is 4.90 Å². The number of aryl methyl sites for hydroxylation is 1. The molecule has 0 bridgehead atoms. The molecule has 1 unspecified atom stereocenters. The lowest BCUT2D eigenvalue weighted by Gasteiger charge is -2.42. The fourth-order valence-corrected chi connectivity index (χ4v) is 3.26. The molecule has 0 spiro atoms. The first-order valence-electron chi connectivity index (χ1n) is 8.99. The molecule has 1 aliphatic rings. The van der Waals surface area contributed by atoms with E-state index in [9.17, 15) is 9.59 Å². The molecule has 1 aromatic rings. The molecule has 1 amide bonds. The number of piperidine rings is 1. The van der Waals surface area contributed by atoms with Crippen LogP contribution in [0.5, 0.6) is 0 Å². The minimum absolute atomic E-state index is 0. The monoisotopic (exact) mass is 366 g/mol. The van der Waals surface area contributed by atoms with E-state index in [4.69, 9.17) is 5.73 Å². The van der Waals surface area contributed by atoms with E-state index in [0.717, 1.165) is 19.3 Å². The summed E-state index contributed by atoms with van der Waals surface area (Å²) in [7, 11) is 0. The van der Waals surface area contributed by atoms with Crippen molar-refractivity contribution in [2.24, 2.45) is 11.1 Å². The van der Waals surface area contributed by atoms with E-state index in [1.165, 1.54) is 5.56 Å². The molecule has 1 aliphatic heterocycles. The molecule has 1 fully saturated rings. The lowest BCUT2D eigenvalue weighted by molar-refractivity contribution is -0.134. The molecule has 1 atom stereocenters. The Morgan fingerprint density at radius 2 is 1.84 bits per heavy atom. The fourth-order valence-electron chi connectivity index (χ4n) is 3.26. The molecule has 1 aromatic carbocycles. The molecular formula is C20H31ClN2O2. The zero-order valence-corrected chi connectivity index (χ0v) is 16.4. The summed E-state index contributed by atoms with van der Waals surface area (Å²) in [4.78, 5) is 26.6. The Hall–Kier alpha value is -1.39. The first-order valence-corrected chi connectivity index (χ1v) is 8.99. The number of ketones is 1. The molecule has 0 saturated carbocycles. The smallest absolute Gasteiger partial charge is 0.223 e. The van der Waals surface area contributed by atoms with E-state index in [0.29, 0.717) is 18.7 Å². The summed E-state index contributed by atoms with van der Waals surface area (Å²) in [6.45, 7) is 7.70. The average molecular weight is 367 g/mol. The standard InChI is InChI=1S/C20H30N2O2.ClH/c1-4-5-15-6-8-16(9-7-15)17(23)10-11-19(24)22-13-12-18(21)20(2,3)14-22;/h6-9,18H,4-5,10-14,21H2,1-3H3;1H. The van der Waals surface area contributed by atoms with E-state index in [2.05, 4.69) is 20.8 Å². The quantitative estimate of drug-likeness (QED) is 0.782. The lowest BCUT2D eigenvalue weighted by Crippen LogP contribution is -2.54. The topological polar surface area (TPSA) is 63.4 Å². The number of nitrogens with two attached hydrogens (primary N) is 1. The third-order valence-corrected chi connectivity index (χ3v) is 5.05. The molecule has 0 radical (unpaired) electrons. The molecule has 140 valence electrons. The summed E-state index contributed by atoms with van der Waals surface area (Å²) in [5.41, 5.74) is 8.00. The van der Waals surface area contributed by atoms with Crippen LogP contribution in [0.15, 0.2) is 24.3 Å². The molecular weight excluding hydrogens is 336 g/mol. The number of benzene rings is 1. The highest BCUT2D eigenvalue weighted by Gasteiger charge is 2.35. The minimum Gasteiger partial charge on any atom is -0.342 e. The molecule has 0 aliphatic carbocycles. The van der Waals surface area contributed by atoms with Crippen molar-refractivity contribution in [3.8, 4) is 0 Å². The number of rotatable bonds is 6. The molecule has 5 heteroatoms. The van der Waals surface area contributed by atoms with Crippen LogP contribution >= 0.6 is 12.4 Å². The molecule has 1 saturated heterocycles. The normalized spacial score (nSPS) is 19.2. The molecule has 1 heterocycles. The number of halogens is 1. The van der Waals surface area contributed by atoms with Gasteiger partial charge in [0.25, 0.3) is 0 Å². The number of hydrogen-bond acceptors (Lipinski definition) is 3. The van der Waals surface area contributed by atoms with Crippen molar-refractivity contribution >= 4 is 24.1 Å². The van der Waals surface area contributed by atoms with Crippen LogP contribution in [0.1, 0.15) is 62.4 Å². The molecule has 2 N–H and O–H groups in total. The number of Topliss-reactive ketones (excluding diaryl/α,β-unsaturated/α-hetero) is 1. The van der Waals surface area contributed by atoms with Gasteiger partial charge in [0.05, 0.1) is 0 Å². The highest BCUT2D eigenvalue weighted by molar-refractivity contribution is 5.98. The predicted molar refractivity (Wildman–Crippen MR) is 104 cm³/mol. The first-order chi connectivity index (χ1) is 11.3. The second-order valence-corrected chi connectivity index (χ2v) is 7.57. The second kappa shape index (κ2) is 9.35. The SMILES string of the molecule is CCCc1ccc(C(=O)CCC(=O)N2CCC(N)C(C)(C)C2)cc1.Cl. The van der Waals surface area contributed by atoms with E-state index >= 15 is 0 Å². The summed E-state index contributed by atoms with van der Waals surface area (Å²) in [5.74, 6) is 0.102. The predicted octanol–water partition coefficient (Wildman–Crippen LogP) is 3.61. The highest BCUT2D eigenvalue weighted by Crippen LogP contribution is 2.28. The number of carbonyl (C=O) groups is 2. The van der Waals surface area contributed by atoms with Gasteiger partial charge in [-0.25, -0.2) is 0 Å². The first kappa shape index (κ1) is 21.7. The van der Waals surface area contributed by atoms with Gasteiger partial charge in [-0.3, -0.25) is 9.59 Å². The van der Waals surface area contributed by atoms with E-state index in [1.807, 2.05) is 29.2 Å². The summed E-state index contributed by atoms with van der Waals surface area (Å²) in [6.07, 6.45) is 3.50. The Labute approximate surface area is 157 Å². The van der Waals surface area contributed by atoms with E-state index < -0.39 is 0 Å². The Bertz CT molecular complexity index is 584. The van der Waals surface area contributed by atoms with Crippen LogP contribution < -0.4 is 5.73 Å². The van der Waals surface area contributed by atoms with Crippen molar-refractivity contribution in [3.63, 3.8) is 0 Å². The Kier molecular flexibility index (Phi) is 8.10. The van der Waals surface area contributed by atoms with Crippen molar-refractivity contribution < 1.29 is 9.59 Å². The second-order valence-electron chi connectivity index (χ2n) is 7.57. The summed E-state index contributed by atoms with van der Waals surface area (Å²) >= 11 is 0. The van der Waals surface area contributed by atoms with E-state index in [1.54, 1.807) is 0 Å². The Morgan fingerprint density at radius 3 is 2.40 bits per heavy atom. The molecule has 0 aromatic heterocycles. The Morgan fingerprint density at radius 1 is 1.20 bits per heavy atom. The van der Waals surface area contributed by atoms with Gasteiger partial charge in [0, 0.05) is 37.5 Å². The van der Waals surface area contributed by atoms with Gasteiger partial charge in [0.2, 0.25) is 5.91 Å². The van der Waals surface area contributed by atoms with Crippen molar-refractivity contribution in [2.45, 2.75) is 58.9 Å². The van der Waals surface area contributed by atoms with Gasteiger partial charge in [0.15, 0.2) is 5.78 Å². The summed E-state index contributed by atoms with van der Waals surface area (Å²) in [5, 5.41) is 0. The van der Waals surface area contributed by atoms with Gasteiger partial charge < -0.3 is 10.6 Å². The highest BCUT2D eigenvalue weighted by atomic mass is 35.5. The maximum Gasteiger partial charge on any atom is 0.223 e. The summed E-state index contributed by atoms with van der Waals surface area (Å²) < 4.78 is 0. The van der Waals surface area contributed by atoms with Gasteiger partial charge in [-0.05, 0) is 23.8 Å². The number of amides is 1. The zero-order valence-electron chi connectivity index (χ0n) is 15.6. The number of carbonyl (C=O) groups excluding carboxylic acids is 2. The number of hydrogen-bond donors (Lipinski definition) is 1.